The van der Waals surface area contributed by atoms with Gasteiger partial charge in [-0.05, 0) is 30.2 Å². The van der Waals surface area contributed by atoms with E-state index in [1.807, 2.05) is 49.4 Å². The molecule has 1 amide bonds. The maximum Gasteiger partial charge on any atom is 0.359 e. The molecule has 1 unspecified atom stereocenters. The summed E-state index contributed by atoms with van der Waals surface area (Å²) in [4.78, 5) is 30.5. The Morgan fingerprint density at radius 1 is 1.00 bits per heavy atom. The van der Waals surface area contributed by atoms with Crippen LogP contribution in [-0.4, -0.2) is 24.0 Å². The van der Waals surface area contributed by atoms with E-state index in [0.29, 0.717) is 28.7 Å². The highest BCUT2D eigenvalue weighted by Gasteiger charge is 2.27. The van der Waals surface area contributed by atoms with Crippen LogP contribution < -0.4 is 15.4 Å². The van der Waals surface area contributed by atoms with Crippen molar-refractivity contribution in [1.82, 2.24) is 4.98 Å². The molecule has 35 heavy (non-hydrogen) atoms. The fraction of sp³-hybridized carbons (Fsp3) is 0.148. The molecule has 0 aliphatic rings. The van der Waals surface area contributed by atoms with E-state index in [1.165, 1.54) is 18.4 Å². The number of aryl methyl sites for hydroxylation is 1. The second kappa shape index (κ2) is 11.3. The van der Waals surface area contributed by atoms with Gasteiger partial charge in [0.1, 0.15) is 5.75 Å². The smallest absolute Gasteiger partial charge is 0.359 e. The number of nitrogens with one attached hydrogen (secondary N) is 2. The molecule has 8 heteroatoms. The second-order valence-electron chi connectivity index (χ2n) is 7.77. The molecule has 0 aliphatic carbocycles. The van der Waals surface area contributed by atoms with Crippen LogP contribution in [0.1, 0.15) is 33.3 Å². The zero-order valence-electron chi connectivity index (χ0n) is 19.4. The number of nitrogens with zero attached hydrogens (tertiary/aromatic N) is 1. The topological polar surface area (TPSA) is 89.5 Å². The summed E-state index contributed by atoms with van der Waals surface area (Å²) in [5.41, 5.74) is 3.22. The number of aromatic nitrogens is 1. The molecule has 1 aromatic heterocycles. The van der Waals surface area contributed by atoms with Crippen molar-refractivity contribution in [2.24, 2.45) is 0 Å². The summed E-state index contributed by atoms with van der Waals surface area (Å²) in [6, 6.07) is 24.2. The first-order valence-electron chi connectivity index (χ1n) is 11.0. The van der Waals surface area contributed by atoms with Gasteiger partial charge in [0.05, 0.1) is 12.8 Å². The third kappa shape index (κ3) is 6.24. The Balaban J connectivity index is 1.49. The molecule has 0 saturated carbocycles. The number of esters is 1. The maximum absolute atomic E-state index is 13.2. The Kier molecular flexibility index (Phi) is 7.74. The van der Waals surface area contributed by atoms with Crippen LogP contribution in [0.5, 0.6) is 5.75 Å². The zero-order valence-corrected chi connectivity index (χ0v) is 20.2. The predicted octanol–water partition coefficient (Wildman–Crippen LogP) is 5.61. The average molecular weight is 488 g/mol. The normalized spacial score (nSPS) is 11.4. The first-order chi connectivity index (χ1) is 17.0. The Labute approximate surface area is 207 Å². The molecule has 0 saturated heterocycles. The molecule has 4 aromatic rings. The van der Waals surface area contributed by atoms with Gasteiger partial charge in [0.15, 0.2) is 10.8 Å². The van der Waals surface area contributed by atoms with Crippen LogP contribution in [0.4, 0.5) is 10.8 Å². The molecule has 0 bridgehead atoms. The molecule has 4 rings (SSSR count). The van der Waals surface area contributed by atoms with Crippen molar-refractivity contribution in [2.75, 3.05) is 17.7 Å². The molecule has 7 nitrogen and oxygen atoms in total. The molecule has 1 atom stereocenters. The highest BCUT2D eigenvalue weighted by Crippen LogP contribution is 2.28. The summed E-state index contributed by atoms with van der Waals surface area (Å²) in [5, 5.41) is 8.23. The Hall–Kier alpha value is -4.17. The standard InChI is InChI=1S/C27H25N3O4S/c1-18-13-14-23(33-2)21(15-18)29-25(31)24(20-11-7-4-8-12-20)34-26(32)22-17-35-27(30-22)28-16-19-9-5-3-6-10-19/h3-15,17,24H,16H2,1-2H3,(H,28,30)(H,29,31). The fourth-order valence-corrected chi connectivity index (χ4v) is 4.09. The average Bonchev–Trinajstić information content (AvgIpc) is 3.36. The lowest BCUT2D eigenvalue weighted by Gasteiger charge is -2.19. The van der Waals surface area contributed by atoms with Gasteiger partial charge in [-0.3, -0.25) is 4.79 Å². The van der Waals surface area contributed by atoms with Crippen molar-refractivity contribution in [2.45, 2.75) is 19.6 Å². The van der Waals surface area contributed by atoms with E-state index >= 15 is 0 Å². The summed E-state index contributed by atoms with van der Waals surface area (Å²) < 4.78 is 11.0. The minimum Gasteiger partial charge on any atom is -0.495 e. The first-order valence-corrected chi connectivity index (χ1v) is 11.9. The zero-order chi connectivity index (χ0) is 24.6. The summed E-state index contributed by atoms with van der Waals surface area (Å²) >= 11 is 1.30. The third-order valence-corrected chi connectivity index (χ3v) is 5.98. The number of thiazole rings is 1. The number of amides is 1. The van der Waals surface area contributed by atoms with Crippen molar-refractivity contribution in [3.63, 3.8) is 0 Å². The fourth-order valence-electron chi connectivity index (χ4n) is 3.41. The van der Waals surface area contributed by atoms with Crippen LogP contribution in [-0.2, 0) is 16.1 Å². The van der Waals surface area contributed by atoms with Crippen molar-refractivity contribution in [3.8, 4) is 5.75 Å². The van der Waals surface area contributed by atoms with Crippen molar-refractivity contribution in [3.05, 3.63) is 107 Å². The van der Waals surface area contributed by atoms with Gasteiger partial charge in [0, 0.05) is 17.5 Å². The van der Waals surface area contributed by atoms with E-state index in [9.17, 15) is 9.59 Å². The van der Waals surface area contributed by atoms with Crippen LogP contribution in [0.25, 0.3) is 0 Å². The number of hydrogen-bond donors (Lipinski definition) is 2. The van der Waals surface area contributed by atoms with Gasteiger partial charge in [-0.1, -0.05) is 66.7 Å². The van der Waals surface area contributed by atoms with Gasteiger partial charge in [-0.2, -0.15) is 0 Å². The summed E-state index contributed by atoms with van der Waals surface area (Å²) in [6.45, 7) is 2.49. The number of carbonyl (C=O) groups is 2. The molecule has 178 valence electrons. The molecule has 1 heterocycles. The van der Waals surface area contributed by atoms with Gasteiger partial charge in [-0.25, -0.2) is 9.78 Å². The lowest BCUT2D eigenvalue weighted by molar-refractivity contribution is -0.125. The molecule has 2 N–H and O–H groups in total. The second-order valence-corrected chi connectivity index (χ2v) is 8.62. The van der Waals surface area contributed by atoms with E-state index in [0.717, 1.165) is 11.1 Å². The lowest BCUT2D eigenvalue weighted by Crippen LogP contribution is -2.26. The van der Waals surface area contributed by atoms with E-state index in [4.69, 9.17) is 9.47 Å². The molecular formula is C27H25N3O4S. The number of rotatable bonds is 9. The van der Waals surface area contributed by atoms with E-state index in [2.05, 4.69) is 15.6 Å². The minimum atomic E-state index is -1.17. The van der Waals surface area contributed by atoms with Crippen molar-refractivity contribution < 1.29 is 19.1 Å². The predicted molar refractivity (Wildman–Crippen MR) is 137 cm³/mol. The number of carbonyl (C=O) groups excluding carboxylic acids is 2. The Morgan fingerprint density at radius 3 is 2.43 bits per heavy atom. The number of methoxy groups -OCH3 is 1. The summed E-state index contributed by atoms with van der Waals surface area (Å²) in [5.74, 6) is -0.670. The van der Waals surface area contributed by atoms with Gasteiger partial charge in [0.25, 0.3) is 5.91 Å². The van der Waals surface area contributed by atoms with Gasteiger partial charge >= 0.3 is 5.97 Å². The Morgan fingerprint density at radius 2 is 1.71 bits per heavy atom. The van der Waals surface area contributed by atoms with Crippen molar-refractivity contribution in [1.29, 1.82) is 0 Å². The molecule has 3 aromatic carbocycles. The molecule has 0 fully saturated rings. The van der Waals surface area contributed by atoms with Gasteiger partial charge in [0.2, 0.25) is 6.10 Å². The quantitative estimate of drug-likeness (QED) is 0.298. The minimum absolute atomic E-state index is 0.132. The monoisotopic (exact) mass is 487 g/mol. The molecule has 0 radical (unpaired) electrons. The number of benzene rings is 3. The van der Waals surface area contributed by atoms with Gasteiger partial charge in [-0.15, -0.1) is 11.3 Å². The maximum atomic E-state index is 13.2. The number of anilines is 2. The highest BCUT2D eigenvalue weighted by molar-refractivity contribution is 7.13. The van der Waals surface area contributed by atoms with Gasteiger partial charge < -0.3 is 20.1 Å². The van der Waals surface area contributed by atoms with Crippen LogP contribution in [0.3, 0.4) is 0 Å². The van der Waals surface area contributed by atoms with E-state index < -0.39 is 18.0 Å². The number of ether oxygens (including phenoxy) is 2. The van der Waals surface area contributed by atoms with E-state index in [-0.39, 0.29) is 5.69 Å². The first kappa shape index (κ1) is 24.0. The van der Waals surface area contributed by atoms with Crippen LogP contribution >= 0.6 is 11.3 Å². The SMILES string of the molecule is COc1ccc(C)cc1NC(=O)C(OC(=O)c1csc(NCc2ccccc2)n1)c1ccccc1. The van der Waals surface area contributed by atoms with Crippen LogP contribution in [0.2, 0.25) is 0 Å². The molecule has 0 aliphatic heterocycles. The highest BCUT2D eigenvalue weighted by atomic mass is 32.1. The molecule has 0 spiro atoms. The van der Waals surface area contributed by atoms with E-state index in [1.54, 1.807) is 41.8 Å². The summed E-state index contributed by atoms with van der Waals surface area (Å²) in [7, 11) is 1.53. The van der Waals surface area contributed by atoms with Crippen LogP contribution in [0.15, 0.2) is 84.2 Å². The Bertz CT molecular complexity index is 1290. The largest absolute Gasteiger partial charge is 0.495 e. The third-order valence-electron chi connectivity index (χ3n) is 5.18. The summed E-state index contributed by atoms with van der Waals surface area (Å²) in [6.07, 6.45) is -1.17. The number of hydrogen-bond acceptors (Lipinski definition) is 7. The van der Waals surface area contributed by atoms with Crippen molar-refractivity contribution >= 4 is 34.0 Å². The lowest BCUT2D eigenvalue weighted by atomic mass is 10.1. The molecular weight excluding hydrogens is 462 g/mol. The van der Waals surface area contributed by atoms with Crippen LogP contribution in [0, 0.1) is 6.92 Å².